The van der Waals surface area contributed by atoms with E-state index in [4.69, 9.17) is 0 Å². The molecule has 102 valence electrons. The van der Waals surface area contributed by atoms with E-state index in [0.29, 0.717) is 11.1 Å². The quantitative estimate of drug-likeness (QED) is 0.842. The molecule has 0 bridgehead atoms. The fourth-order valence-electron chi connectivity index (χ4n) is 1.97. The molecule has 0 heterocycles. The molecule has 0 amide bonds. The standard InChI is InChI=1S/C17H17NO2/c1-12(17(20)15-6-4-3-5-7-15)18-16-10-8-14(9-11-16)13(2)19/h3-12,18H,1-2H3. The van der Waals surface area contributed by atoms with Gasteiger partial charge in [-0.05, 0) is 38.1 Å². The van der Waals surface area contributed by atoms with Crippen LogP contribution in [-0.2, 0) is 0 Å². The molecular weight excluding hydrogens is 250 g/mol. The zero-order chi connectivity index (χ0) is 14.5. The van der Waals surface area contributed by atoms with Crippen LogP contribution in [0.25, 0.3) is 0 Å². The average molecular weight is 267 g/mol. The molecule has 2 aromatic carbocycles. The molecule has 20 heavy (non-hydrogen) atoms. The number of anilines is 1. The minimum atomic E-state index is -0.319. The van der Waals surface area contributed by atoms with Crippen LogP contribution in [-0.4, -0.2) is 17.6 Å². The summed E-state index contributed by atoms with van der Waals surface area (Å²) in [4.78, 5) is 23.4. The first-order valence-electron chi connectivity index (χ1n) is 6.54. The third-order valence-electron chi connectivity index (χ3n) is 3.13. The van der Waals surface area contributed by atoms with Crippen LogP contribution in [0.4, 0.5) is 5.69 Å². The minimum absolute atomic E-state index is 0.0324. The van der Waals surface area contributed by atoms with Crippen molar-refractivity contribution in [1.29, 1.82) is 0 Å². The average Bonchev–Trinajstić information content (AvgIpc) is 2.48. The molecule has 1 atom stereocenters. The summed E-state index contributed by atoms with van der Waals surface area (Å²) in [6.45, 7) is 3.36. The molecule has 0 aromatic heterocycles. The fraction of sp³-hybridized carbons (Fsp3) is 0.176. The van der Waals surface area contributed by atoms with E-state index in [1.807, 2.05) is 37.3 Å². The van der Waals surface area contributed by atoms with Crippen LogP contribution in [0, 0.1) is 0 Å². The Bertz CT molecular complexity index is 603. The first-order chi connectivity index (χ1) is 9.58. The van der Waals surface area contributed by atoms with Gasteiger partial charge in [0.2, 0.25) is 0 Å². The largest absolute Gasteiger partial charge is 0.375 e. The van der Waals surface area contributed by atoms with Crippen molar-refractivity contribution in [3.8, 4) is 0 Å². The summed E-state index contributed by atoms with van der Waals surface area (Å²) in [5, 5.41) is 3.15. The summed E-state index contributed by atoms with van der Waals surface area (Å²) in [6, 6.07) is 16.0. The van der Waals surface area contributed by atoms with E-state index < -0.39 is 0 Å². The van der Waals surface area contributed by atoms with Crippen LogP contribution >= 0.6 is 0 Å². The molecule has 1 unspecified atom stereocenters. The van der Waals surface area contributed by atoms with E-state index in [1.54, 1.807) is 24.3 Å². The highest BCUT2D eigenvalue weighted by Crippen LogP contribution is 2.13. The Balaban J connectivity index is 2.06. The second-order valence-electron chi connectivity index (χ2n) is 4.73. The van der Waals surface area contributed by atoms with Crippen LogP contribution in [0.2, 0.25) is 0 Å². The van der Waals surface area contributed by atoms with Crippen molar-refractivity contribution in [2.24, 2.45) is 0 Å². The van der Waals surface area contributed by atoms with Gasteiger partial charge >= 0.3 is 0 Å². The van der Waals surface area contributed by atoms with E-state index in [-0.39, 0.29) is 17.6 Å². The lowest BCUT2D eigenvalue weighted by atomic mass is 10.1. The van der Waals surface area contributed by atoms with Crippen molar-refractivity contribution >= 4 is 17.3 Å². The number of hydrogen-bond acceptors (Lipinski definition) is 3. The van der Waals surface area contributed by atoms with Gasteiger partial charge in [-0.1, -0.05) is 30.3 Å². The third kappa shape index (κ3) is 3.32. The number of Topliss-reactive ketones (excluding diaryl/α,β-unsaturated/α-hetero) is 2. The summed E-state index contributed by atoms with van der Waals surface area (Å²) in [7, 11) is 0. The Kier molecular flexibility index (Phi) is 4.31. The predicted octanol–water partition coefficient (Wildman–Crippen LogP) is 3.57. The zero-order valence-corrected chi connectivity index (χ0v) is 11.6. The van der Waals surface area contributed by atoms with Gasteiger partial charge in [0.05, 0.1) is 6.04 Å². The monoisotopic (exact) mass is 267 g/mol. The Morgan fingerprint density at radius 3 is 2.05 bits per heavy atom. The molecule has 0 aliphatic heterocycles. The number of ketones is 2. The van der Waals surface area contributed by atoms with E-state index in [0.717, 1.165) is 5.69 Å². The Hall–Kier alpha value is -2.42. The van der Waals surface area contributed by atoms with Crippen molar-refractivity contribution in [3.63, 3.8) is 0 Å². The van der Waals surface area contributed by atoms with Gasteiger partial charge < -0.3 is 5.32 Å². The Morgan fingerprint density at radius 1 is 0.900 bits per heavy atom. The highest BCUT2D eigenvalue weighted by atomic mass is 16.1. The number of benzene rings is 2. The molecule has 2 aromatic rings. The van der Waals surface area contributed by atoms with Gasteiger partial charge in [-0.15, -0.1) is 0 Å². The lowest BCUT2D eigenvalue weighted by Crippen LogP contribution is -2.26. The first-order valence-corrected chi connectivity index (χ1v) is 6.54. The Morgan fingerprint density at radius 2 is 1.50 bits per heavy atom. The Labute approximate surface area is 118 Å². The van der Waals surface area contributed by atoms with Gasteiger partial charge in [0.25, 0.3) is 0 Å². The lowest BCUT2D eigenvalue weighted by Gasteiger charge is -2.14. The van der Waals surface area contributed by atoms with Crippen LogP contribution in [0.15, 0.2) is 54.6 Å². The topological polar surface area (TPSA) is 46.2 Å². The molecule has 0 aliphatic carbocycles. The van der Waals surface area contributed by atoms with Gasteiger partial charge in [0.15, 0.2) is 11.6 Å². The highest BCUT2D eigenvalue weighted by molar-refractivity contribution is 6.01. The number of hydrogen-bond donors (Lipinski definition) is 1. The van der Waals surface area contributed by atoms with Gasteiger partial charge in [-0.3, -0.25) is 9.59 Å². The maximum atomic E-state index is 12.2. The number of carbonyl (C=O) groups is 2. The summed E-state index contributed by atoms with van der Waals surface area (Å²) in [6.07, 6.45) is 0. The van der Waals surface area contributed by atoms with Gasteiger partial charge in [0.1, 0.15) is 0 Å². The van der Waals surface area contributed by atoms with E-state index >= 15 is 0 Å². The van der Waals surface area contributed by atoms with Crippen molar-refractivity contribution in [1.82, 2.24) is 0 Å². The first kappa shape index (κ1) is 14.0. The molecule has 0 saturated carbocycles. The molecular formula is C17H17NO2. The molecule has 3 heteroatoms. The third-order valence-corrected chi connectivity index (χ3v) is 3.13. The number of carbonyl (C=O) groups excluding carboxylic acids is 2. The SMILES string of the molecule is CC(=O)c1ccc(NC(C)C(=O)c2ccccc2)cc1. The maximum Gasteiger partial charge on any atom is 0.184 e. The number of nitrogens with one attached hydrogen (secondary N) is 1. The molecule has 2 rings (SSSR count). The second-order valence-corrected chi connectivity index (χ2v) is 4.73. The molecule has 0 saturated heterocycles. The molecule has 0 fully saturated rings. The van der Waals surface area contributed by atoms with Crippen molar-refractivity contribution in [2.45, 2.75) is 19.9 Å². The second kappa shape index (κ2) is 6.15. The fourth-order valence-corrected chi connectivity index (χ4v) is 1.97. The van der Waals surface area contributed by atoms with Crippen LogP contribution in [0.1, 0.15) is 34.6 Å². The summed E-state index contributed by atoms with van der Waals surface area (Å²) >= 11 is 0. The maximum absolute atomic E-state index is 12.2. The van der Waals surface area contributed by atoms with Gasteiger partial charge in [0, 0.05) is 16.8 Å². The number of rotatable bonds is 5. The van der Waals surface area contributed by atoms with Crippen molar-refractivity contribution < 1.29 is 9.59 Å². The summed E-state index contributed by atoms with van der Waals surface area (Å²) in [5.74, 6) is 0.0752. The lowest BCUT2D eigenvalue weighted by molar-refractivity contribution is 0.0973. The molecule has 0 spiro atoms. The van der Waals surface area contributed by atoms with E-state index in [1.165, 1.54) is 6.92 Å². The smallest absolute Gasteiger partial charge is 0.184 e. The highest BCUT2D eigenvalue weighted by Gasteiger charge is 2.14. The molecule has 0 radical (unpaired) electrons. The van der Waals surface area contributed by atoms with Crippen LogP contribution in [0.5, 0.6) is 0 Å². The minimum Gasteiger partial charge on any atom is -0.375 e. The van der Waals surface area contributed by atoms with E-state index in [2.05, 4.69) is 5.32 Å². The normalized spacial score (nSPS) is 11.7. The summed E-state index contributed by atoms with van der Waals surface area (Å²) < 4.78 is 0. The van der Waals surface area contributed by atoms with Crippen molar-refractivity contribution in [2.75, 3.05) is 5.32 Å². The summed E-state index contributed by atoms with van der Waals surface area (Å²) in [5.41, 5.74) is 2.18. The molecule has 0 aliphatic rings. The van der Waals surface area contributed by atoms with Gasteiger partial charge in [-0.2, -0.15) is 0 Å². The molecule has 3 nitrogen and oxygen atoms in total. The molecule has 1 N–H and O–H groups in total. The van der Waals surface area contributed by atoms with Crippen LogP contribution in [0.3, 0.4) is 0 Å². The van der Waals surface area contributed by atoms with Gasteiger partial charge in [-0.25, -0.2) is 0 Å². The van der Waals surface area contributed by atoms with E-state index in [9.17, 15) is 9.59 Å². The predicted molar refractivity (Wildman–Crippen MR) is 80.3 cm³/mol. The van der Waals surface area contributed by atoms with Crippen molar-refractivity contribution in [3.05, 3.63) is 65.7 Å². The zero-order valence-electron chi connectivity index (χ0n) is 11.6. The van der Waals surface area contributed by atoms with Crippen LogP contribution < -0.4 is 5.32 Å².